The minimum atomic E-state index is -0.340. The number of rotatable bonds is 9. The van der Waals surface area contributed by atoms with Gasteiger partial charge in [-0.05, 0) is 80.6 Å². The van der Waals surface area contributed by atoms with Crippen LogP contribution in [0.5, 0.6) is 0 Å². The first-order chi connectivity index (χ1) is 18.9. The van der Waals surface area contributed by atoms with Crippen LogP contribution in [0.3, 0.4) is 0 Å². The summed E-state index contributed by atoms with van der Waals surface area (Å²) in [5.74, 6) is 0.514. The number of hydrogen-bond donors (Lipinski definition) is 2. The molecule has 1 aliphatic rings. The molecule has 5 rings (SSSR count). The molecule has 2 N–H and O–H groups in total. The molecule has 1 aliphatic heterocycles. The van der Waals surface area contributed by atoms with Gasteiger partial charge in [0, 0.05) is 45.9 Å². The highest BCUT2D eigenvalue weighted by Crippen LogP contribution is 2.34. The molecule has 7 heteroatoms. The Morgan fingerprint density at radius 2 is 1.82 bits per heavy atom. The van der Waals surface area contributed by atoms with Crippen molar-refractivity contribution in [1.82, 2.24) is 9.88 Å². The minimum absolute atomic E-state index is 0.0385. The number of amides is 1. The van der Waals surface area contributed by atoms with Crippen LogP contribution in [0, 0.1) is 16.0 Å². The van der Waals surface area contributed by atoms with E-state index in [0.717, 1.165) is 67.8 Å². The number of aromatic nitrogens is 1. The van der Waals surface area contributed by atoms with Gasteiger partial charge in [-0.1, -0.05) is 56.3 Å². The molecule has 1 amide bonds. The molecule has 3 aromatic carbocycles. The Hall–Kier alpha value is -3.97. The predicted octanol–water partition coefficient (Wildman–Crippen LogP) is 7.15. The number of anilines is 1. The molecule has 0 saturated carbocycles. The molecule has 1 saturated heterocycles. The number of non-ortho nitro benzene ring substituents is 1. The highest BCUT2D eigenvalue weighted by molar-refractivity contribution is 5.92. The number of nitrogens with one attached hydrogen (secondary N) is 2. The third kappa shape index (κ3) is 6.20. The summed E-state index contributed by atoms with van der Waals surface area (Å²) in [5, 5.41) is 15.6. The summed E-state index contributed by atoms with van der Waals surface area (Å²) in [5.41, 5.74) is 6.39. The first kappa shape index (κ1) is 26.6. The van der Waals surface area contributed by atoms with Crippen molar-refractivity contribution in [3.63, 3.8) is 0 Å². The SMILES string of the molecule is CC(C)C(=O)Nc1cccc(C2CCN(CCCc3c(-c4cccc([N+](=O)[O-])c4)[nH]c4ccccc34)CC2)c1. The number of H-pyrrole nitrogens is 1. The van der Waals surface area contributed by atoms with E-state index in [1.165, 1.54) is 22.6 Å². The van der Waals surface area contributed by atoms with Gasteiger partial charge >= 0.3 is 0 Å². The zero-order chi connectivity index (χ0) is 27.4. The van der Waals surface area contributed by atoms with Crippen molar-refractivity contribution < 1.29 is 9.72 Å². The summed E-state index contributed by atoms with van der Waals surface area (Å²) in [6.07, 6.45) is 4.13. The van der Waals surface area contributed by atoms with E-state index in [2.05, 4.69) is 39.5 Å². The van der Waals surface area contributed by atoms with Crippen LogP contribution in [0.4, 0.5) is 11.4 Å². The van der Waals surface area contributed by atoms with Crippen LogP contribution < -0.4 is 5.32 Å². The second kappa shape index (κ2) is 11.8. The number of piperidine rings is 1. The normalized spacial score (nSPS) is 14.6. The van der Waals surface area contributed by atoms with Crippen LogP contribution in [0.1, 0.15) is 50.2 Å². The van der Waals surface area contributed by atoms with Gasteiger partial charge in [-0.3, -0.25) is 14.9 Å². The van der Waals surface area contributed by atoms with Crippen molar-refractivity contribution >= 4 is 28.2 Å². The van der Waals surface area contributed by atoms with Crippen LogP contribution in [-0.4, -0.2) is 40.3 Å². The van der Waals surface area contributed by atoms with Gasteiger partial charge in [-0.15, -0.1) is 0 Å². The van der Waals surface area contributed by atoms with Crippen molar-refractivity contribution in [2.24, 2.45) is 5.92 Å². The molecule has 7 nitrogen and oxygen atoms in total. The average Bonchev–Trinajstić information content (AvgIpc) is 3.32. The molecule has 0 spiro atoms. The number of para-hydroxylation sites is 1. The number of carbonyl (C=O) groups is 1. The summed E-state index contributed by atoms with van der Waals surface area (Å²) in [6, 6.07) is 23.4. The van der Waals surface area contributed by atoms with Crippen molar-refractivity contribution in [1.29, 1.82) is 0 Å². The summed E-state index contributed by atoms with van der Waals surface area (Å²) in [6.45, 7) is 6.94. The van der Waals surface area contributed by atoms with Crippen LogP contribution in [-0.2, 0) is 11.2 Å². The van der Waals surface area contributed by atoms with Crippen LogP contribution in [0.15, 0.2) is 72.8 Å². The summed E-state index contributed by atoms with van der Waals surface area (Å²) >= 11 is 0. The fraction of sp³-hybridized carbons (Fsp3) is 0.344. The Morgan fingerprint density at radius 1 is 1.05 bits per heavy atom. The first-order valence-electron chi connectivity index (χ1n) is 13.9. The second-order valence-electron chi connectivity index (χ2n) is 10.8. The maximum Gasteiger partial charge on any atom is 0.270 e. The zero-order valence-corrected chi connectivity index (χ0v) is 22.7. The molecule has 0 unspecified atom stereocenters. The van der Waals surface area contributed by atoms with Gasteiger partial charge in [-0.25, -0.2) is 0 Å². The average molecular weight is 525 g/mol. The molecule has 0 bridgehead atoms. The van der Waals surface area contributed by atoms with Crippen LogP contribution in [0.2, 0.25) is 0 Å². The third-order valence-electron chi connectivity index (χ3n) is 7.80. The van der Waals surface area contributed by atoms with Gasteiger partial charge in [0.25, 0.3) is 5.69 Å². The standard InChI is InChI=1S/C32H36N4O3/c1-22(2)32(37)33-26-10-5-8-24(20-26)23-15-18-35(19-16-23)17-7-13-29-28-12-3-4-14-30(28)34-31(29)25-9-6-11-27(21-25)36(38)39/h3-6,8-12,14,20-23,34H,7,13,15-19H2,1-2H3,(H,33,37). The molecule has 39 heavy (non-hydrogen) atoms. The van der Waals surface area contributed by atoms with E-state index in [4.69, 9.17) is 0 Å². The van der Waals surface area contributed by atoms with Crippen molar-refractivity contribution in [2.75, 3.05) is 25.0 Å². The van der Waals surface area contributed by atoms with Crippen LogP contribution in [0.25, 0.3) is 22.2 Å². The van der Waals surface area contributed by atoms with Crippen molar-refractivity contribution in [3.8, 4) is 11.3 Å². The predicted molar refractivity (Wildman–Crippen MR) is 157 cm³/mol. The van der Waals surface area contributed by atoms with E-state index in [-0.39, 0.29) is 22.4 Å². The van der Waals surface area contributed by atoms with E-state index < -0.39 is 0 Å². The number of aromatic amines is 1. The summed E-state index contributed by atoms with van der Waals surface area (Å²) in [7, 11) is 0. The Labute approximate surface area is 229 Å². The lowest BCUT2D eigenvalue weighted by Crippen LogP contribution is -2.33. The molecular weight excluding hydrogens is 488 g/mol. The Bertz CT molecular complexity index is 1470. The highest BCUT2D eigenvalue weighted by atomic mass is 16.6. The third-order valence-corrected chi connectivity index (χ3v) is 7.80. The number of likely N-dealkylation sites (tertiary alicyclic amines) is 1. The number of benzene rings is 3. The smallest absolute Gasteiger partial charge is 0.270 e. The zero-order valence-electron chi connectivity index (χ0n) is 22.7. The van der Waals surface area contributed by atoms with Crippen LogP contribution >= 0.6 is 0 Å². The Morgan fingerprint density at radius 3 is 2.59 bits per heavy atom. The van der Waals surface area contributed by atoms with E-state index in [0.29, 0.717) is 5.92 Å². The molecule has 1 aromatic heterocycles. The number of aryl methyl sites for hydroxylation is 1. The largest absolute Gasteiger partial charge is 0.354 e. The van der Waals surface area contributed by atoms with E-state index in [1.54, 1.807) is 12.1 Å². The second-order valence-corrected chi connectivity index (χ2v) is 10.8. The lowest BCUT2D eigenvalue weighted by Gasteiger charge is -2.32. The van der Waals surface area contributed by atoms with Crippen molar-refractivity contribution in [3.05, 3.63) is 94.0 Å². The van der Waals surface area contributed by atoms with E-state index in [1.807, 2.05) is 44.2 Å². The number of fused-ring (bicyclic) bond motifs is 1. The van der Waals surface area contributed by atoms with E-state index in [9.17, 15) is 14.9 Å². The van der Waals surface area contributed by atoms with Gasteiger partial charge in [0.1, 0.15) is 0 Å². The quantitative estimate of drug-likeness (QED) is 0.180. The topological polar surface area (TPSA) is 91.3 Å². The minimum Gasteiger partial charge on any atom is -0.354 e. The number of hydrogen-bond acceptors (Lipinski definition) is 4. The molecule has 202 valence electrons. The first-order valence-corrected chi connectivity index (χ1v) is 13.9. The highest BCUT2D eigenvalue weighted by Gasteiger charge is 2.22. The maximum atomic E-state index is 12.1. The summed E-state index contributed by atoms with van der Waals surface area (Å²) in [4.78, 5) is 29.2. The van der Waals surface area contributed by atoms with Gasteiger partial charge in [0.2, 0.25) is 5.91 Å². The monoisotopic (exact) mass is 524 g/mol. The molecule has 2 heterocycles. The lowest BCUT2D eigenvalue weighted by molar-refractivity contribution is -0.384. The Kier molecular flexibility index (Phi) is 8.07. The lowest BCUT2D eigenvalue weighted by atomic mass is 9.89. The molecule has 1 fully saturated rings. The number of nitro groups is 1. The molecule has 4 aromatic rings. The van der Waals surface area contributed by atoms with Gasteiger partial charge in [0.15, 0.2) is 0 Å². The van der Waals surface area contributed by atoms with Gasteiger partial charge < -0.3 is 15.2 Å². The molecular formula is C32H36N4O3. The fourth-order valence-electron chi connectivity index (χ4n) is 5.61. The number of nitrogens with zero attached hydrogens (tertiary/aromatic N) is 2. The molecule has 0 radical (unpaired) electrons. The fourth-order valence-corrected chi connectivity index (χ4v) is 5.61. The maximum absolute atomic E-state index is 12.1. The summed E-state index contributed by atoms with van der Waals surface area (Å²) < 4.78 is 0. The Balaban J connectivity index is 1.21. The van der Waals surface area contributed by atoms with Gasteiger partial charge in [-0.2, -0.15) is 0 Å². The number of carbonyl (C=O) groups excluding carboxylic acids is 1. The van der Waals surface area contributed by atoms with Crippen molar-refractivity contribution in [2.45, 2.75) is 45.4 Å². The number of nitro benzene ring substituents is 1. The van der Waals surface area contributed by atoms with E-state index >= 15 is 0 Å². The van der Waals surface area contributed by atoms with Gasteiger partial charge in [0.05, 0.1) is 4.92 Å². The molecule has 0 atom stereocenters. The molecule has 0 aliphatic carbocycles.